The molecule has 5 heteroatoms. The smallest absolute Gasteiger partial charge is 0.196 e. The van der Waals surface area contributed by atoms with Crippen LogP contribution in [0.1, 0.15) is 25.7 Å². The van der Waals surface area contributed by atoms with E-state index in [0.29, 0.717) is 11.0 Å². The summed E-state index contributed by atoms with van der Waals surface area (Å²) in [4.78, 5) is 6.65. The number of halogens is 2. The number of nitrogens with zero attached hydrogens (tertiary/aromatic N) is 2. The molecular weight excluding hydrogens is 314 g/mol. The molecule has 3 rings (SSSR count). The second-order valence-corrected chi connectivity index (χ2v) is 6.30. The number of benzene rings is 1. The Labute approximate surface area is 120 Å². The second kappa shape index (κ2) is 4.42. The van der Waals surface area contributed by atoms with E-state index in [2.05, 4.69) is 25.8 Å². The molecule has 0 amide bonds. The third-order valence-corrected chi connectivity index (χ3v) is 5.15. The Morgan fingerprint density at radius 2 is 2.06 bits per heavy atom. The number of nitrogens with two attached hydrogens (primary N) is 1. The van der Waals surface area contributed by atoms with E-state index in [1.165, 1.54) is 12.8 Å². The highest BCUT2D eigenvalue weighted by atomic mass is 79.9. The van der Waals surface area contributed by atoms with Crippen molar-refractivity contribution in [2.24, 2.45) is 10.7 Å². The van der Waals surface area contributed by atoms with Crippen molar-refractivity contribution in [2.75, 3.05) is 11.4 Å². The van der Waals surface area contributed by atoms with Crippen LogP contribution in [0.25, 0.3) is 0 Å². The minimum atomic E-state index is 0.108. The molecule has 1 aromatic rings. The van der Waals surface area contributed by atoms with Gasteiger partial charge in [0.2, 0.25) is 0 Å². The van der Waals surface area contributed by atoms with Crippen LogP contribution in [0.2, 0.25) is 5.02 Å². The highest BCUT2D eigenvalue weighted by Gasteiger charge is 2.45. The first-order valence-corrected chi connectivity index (χ1v) is 7.35. The standard InChI is InChI=1S/C13H15BrClN3/c14-10-7-9(3-4-11(10)15)18-12(16)17-8-13(18)5-1-2-6-13/h3-4,7H,1-2,5-6,8H2,(H2,16,17). The SMILES string of the molecule is NC1=NCC2(CCCC2)N1c1ccc(Cl)c(Br)c1. The van der Waals surface area contributed by atoms with Gasteiger partial charge in [-0.25, -0.2) is 0 Å². The highest BCUT2D eigenvalue weighted by molar-refractivity contribution is 9.10. The Bertz CT molecular complexity index is 509. The maximum Gasteiger partial charge on any atom is 0.196 e. The van der Waals surface area contributed by atoms with E-state index < -0.39 is 0 Å². The van der Waals surface area contributed by atoms with E-state index in [1.807, 2.05) is 18.2 Å². The summed E-state index contributed by atoms with van der Waals surface area (Å²) in [6.45, 7) is 0.819. The van der Waals surface area contributed by atoms with Crippen molar-refractivity contribution in [1.29, 1.82) is 0 Å². The van der Waals surface area contributed by atoms with Crippen molar-refractivity contribution < 1.29 is 0 Å². The number of anilines is 1. The Kier molecular flexibility index (Phi) is 3.02. The van der Waals surface area contributed by atoms with Gasteiger partial charge in [0, 0.05) is 10.2 Å². The maximum atomic E-state index is 6.08. The fourth-order valence-electron chi connectivity index (χ4n) is 3.06. The third kappa shape index (κ3) is 1.82. The lowest BCUT2D eigenvalue weighted by Crippen LogP contribution is -2.50. The van der Waals surface area contributed by atoms with Crippen molar-refractivity contribution in [3.8, 4) is 0 Å². The quantitative estimate of drug-likeness (QED) is 0.856. The molecule has 2 N–H and O–H groups in total. The molecule has 3 nitrogen and oxygen atoms in total. The molecule has 0 saturated heterocycles. The number of guanidine groups is 1. The average Bonchev–Trinajstić information content (AvgIpc) is 2.93. The molecule has 1 aliphatic carbocycles. The van der Waals surface area contributed by atoms with Gasteiger partial charge in [0.05, 0.1) is 17.1 Å². The Balaban J connectivity index is 2.02. The predicted molar refractivity (Wildman–Crippen MR) is 79.3 cm³/mol. The third-order valence-electron chi connectivity index (χ3n) is 3.93. The van der Waals surface area contributed by atoms with Crippen LogP contribution in [0.15, 0.2) is 27.7 Å². The second-order valence-electron chi connectivity index (χ2n) is 5.04. The lowest BCUT2D eigenvalue weighted by atomic mass is 9.96. The van der Waals surface area contributed by atoms with Crippen molar-refractivity contribution in [2.45, 2.75) is 31.2 Å². The van der Waals surface area contributed by atoms with Crippen LogP contribution in [0.3, 0.4) is 0 Å². The van der Waals surface area contributed by atoms with Gasteiger partial charge in [-0.3, -0.25) is 4.99 Å². The van der Waals surface area contributed by atoms with Gasteiger partial charge < -0.3 is 10.6 Å². The zero-order valence-corrected chi connectivity index (χ0v) is 12.3. The molecule has 96 valence electrons. The monoisotopic (exact) mass is 327 g/mol. The lowest BCUT2D eigenvalue weighted by Gasteiger charge is -2.36. The van der Waals surface area contributed by atoms with E-state index in [9.17, 15) is 0 Å². The fraction of sp³-hybridized carbons (Fsp3) is 0.462. The Morgan fingerprint density at radius 1 is 1.33 bits per heavy atom. The molecule has 1 heterocycles. The molecule has 0 unspecified atom stereocenters. The number of hydrogen-bond acceptors (Lipinski definition) is 3. The van der Waals surface area contributed by atoms with Gasteiger partial charge in [-0.2, -0.15) is 0 Å². The van der Waals surface area contributed by atoms with Crippen LogP contribution in [0.4, 0.5) is 5.69 Å². The van der Waals surface area contributed by atoms with E-state index >= 15 is 0 Å². The molecule has 0 atom stereocenters. The van der Waals surface area contributed by atoms with Crippen LogP contribution < -0.4 is 10.6 Å². The van der Waals surface area contributed by atoms with E-state index in [4.69, 9.17) is 17.3 Å². The fourth-order valence-corrected chi connectivity index (χ4v) is 3.54. The summed E-state index contributed by atoms with van der Waals surface area (Å²) in [6.07, 6.45) is 4.84. The zero-order valence-electron chi connectivity index (χ0n) is 10.00. The van der Waals surface area contributed by atoms with Crippen molar-refractivity contribution >= 4 is 39.2 Å². The summed E-state index contributed by atoms with van der Waals surface area (Å²) in [6, 6.07) is 5.94. The molecule has 0 aromatic heterocycles. The first-order chi connectivity index (χ1) is 8.62. The first kappa shape index (κ1) is 12.3. The van der Waals surface area contributed by atoms with Gasteiger partial charge in [-0.1, -0.05) is 24.4 Å². The molecule has 18 heavy (non-hydrogen) atoms. The van der Waals surface area contributed by atoms with Crippen LogP contribution >= 0.6 is 27.5 Å². The molecule has 0 radical (unpaired) electrons. The minimum Gasteiger partial charge on any atom is -0.369 e. The normalized spacial score (nSPS) is 21.7. The van der Waals surface area contributed by atoms with Crippen molar-refractivity contribution in [1.82, 2.24) is 0 Å². The molecule has 0 bridgehead atoms. The highest BCUT2D eigenvalue weighted by Crippen LogP contribution is 2.42. The minimum absolute atomic E-state index is 0.108. The van der Waals surface area contributed by atoms with Crippen molar-refractivity contribution in [3.05, 3.63) is 27.7 Å². The predicted octanol–water partition coefficient (Wildman–Crippen LogP) is 3.55. The largest absolute Gasteiger partial charge is 0.369 e. The summed E-state index contributed by atoms with van der Waals surface area (Å²) < 4.78 is 0.898. The van der Waals surface area contributed by atoms with Gasteiger partial charge in [-0.15, -0.1) is 0 Å². The summed E-state index contributed by atoms with van der Waals surface area (Å²) in [5.41, 5.74) is 7.27. The molecular formula is C13H15BrClN3. The molecule has 1 aliphatic heterocycles. The number of aliphatic imine (C=N–C) groups is 1. The van der Waals surface area contributed by atoms with Gasteiger partial charge in [0.25, 0.3) is 0 Å². The summed E-state index contributed by atoms with van der Waals surface area (Å²) in [5.74, 6) is 0.631. The molecule has 1 spiro atoms. The van der Waals surface area contributed by atoms with Crippen LogP contribution in [0, 0.1) is 0 Å². The van der Waals surface area contributed by atoms with E-state index in [1.54, 1.807) is 0 Å². The van der Waals surface area contributed by atoms with Crippen LogP contribution in [-0.4, -0.2) is 18.0 Å². The van der Waals surface area contributed by atoms with Gasteiger partial charge in [0.15, 0.2) is 5.96 Å². The van der Waals surface area contributed by atoms with Gasteiger partial charge in [0.1, 0.15) is 0 Å². The molecule has 1 fully saturated rings. The Morgan fingerprint density at radius 3 is 2.72 bits per heavy atom. The summed E-state index contributed by atoms with van der Waals surface area (Å²) in [7, 11) is 0. The van der Waals surface area contributed by atoms with Crippen LogP contribution in [0.5, 0.6) is 0 Å². The maximum absolute atomic E-state index is 6.08. The Hall–Kier alpha value is -0.740. The molecule has 1 saturated carbocycles. The molecule has 1 aromatic carbocycles. The summed E-state index contributed by atoms with van der Waals surface area (Å²) >= 11 is 9.52. The first-order valence-electron chi connectivity index (χ1n) is 6.18. The van der Waals surface area contributed by atoms with Crippen molar-refractivity contribution in [3.63, 3.8) is 0 Å². The number of hydrogen-bond donors (Lipinski definition) is 1. The van der Waals surface area contributed by atoms with Gasteiger partial charge in [-0.05, 0) is 47.0 Å². The average molecular weight is 329 g/mol. The van der Waals surface area contributed by atoms with E-state index in [-0.39, 0.29) is 5.54 Å². The lowest BCUT2D eigenvalue weighted by molar-refractivity contribution is 0.472. The van der Waals surface area contributed by atoms with Crippen LogP contribution in [-0.2, 0) is 0 Å². The topological polar surface area (TPSA) is 41.6 Å². The molecule has 2 aliphatic rings. The van der Waals surface area contributed by atoms with E-state index in [0.717, 1.165) is 29.5 Å². The summed E-state index contributed by atoms with van der Waals surface area (Å²) in [5, 5.41) is 0.717. The van der Waals surface area contributed by atoms with Gasteiger partial charge >= 0.3 is 0 Å². The zero-order chi connectivity index (χ0) is 12.8. The number of rotatable bonds is 1.